The number of nitrogens with zero attached hydrogens (tertiary/aromatic N) is 4. The summed E-state index contributed by atoms with van der Waals surface area (Å²) in [5.41, 5.74) is 3.73. The zero-order chi connectivity index (χ0) is 21.3. The number of aromatic nitrogens is 4. The number of anilines is 2. The maximum absolute atomic E-state index is 13.1. The number of alkyl halides is 3. The summed E-state index contributed by atoms with van der Waals surface area (Å²) in [5, 5.41) is 7.37. The van der Waals surface area contributed by atoms with Gasteiger partial charge in [0.2, 0.25) is 5.95 Å². The molecule has 0 saturated carbocycles. The predicted octanol–water partition coefficient (Wildman–Crippen LogP) is 5.71. The van der Waals surface area contributed by atoms with Gasteiger partial charge in [-0.05, 0) is 67.4 Å². The number of benzene rings is 2. The van der Waals surface area contributed by atoms with Crippen LogP contribution in [0, 0.1) is 13.8 Å². The van der Waals surface area contributed by atoms with Crippen molar-refractivity contribution in [3.63, 3.8) is 0 Å². The van der Waals surface area contributed by atoms with Gasteiger partial charge in [-0.1, -0.05) is 12.1 Å². The molecule has 4 aromatic rings. The summed E-state index contributed by atoms with van der Waals surface area (Å²) in [6.07, 6.45) is -1.31. The van der Waals surface area contributed by atoms with Gasteiger partial charge in [-0.2, -0.15) is 18.3 Å². The molecule has 0 aliphatic carbocycles. The molecule has 5 nitrogen and oxygen atoms in total. The first kappa shape index (κ1) is 19.6. The van der Waals surface area contributed by atoms with Crippen LogP contribution in [0.15, 0.2) is 67.0 Å². The lowest BCUT2D eigenvalue weighted by molar-refractivity contribution is -0.137. The molecule has 152 valence electrons. The molecular weight excluding hydrogens is 391 g/mol. The second-order valence-electron chi connectivity index (χ2n) is 6.94. The van der Waals surface area contributed by atoms with E-state index in [9.17, 15) is 13.2 Å². The monoisotopic (exact) mass is 409 g/mol. The van der Waals surface area contributed by atoms with E-state index in [1.807, 2.05) is 26.0 Å². The summed E-state index contributed by atoms with van der Waals surface area (Å²) in [6.45, 7) is 4.01. The summed E-state index contributed by atoms with van der Waals surface area (Å²) in [5.74, 6) is 0.384. The van der Waals surface area contributed by atoms with Gasteiger partial charge in [-0.25, -0.2) is 14.6 Å². The lowest BCUT2D eigenvalue weighted by Gasteiger charge is -2.12. The Morgan fingerprint density at radius 2 is 1.67 bits per heavy atom. The van der Waals surface area contributed by atoms with Crippen LogP contribution in [0.4, 0.5) is 24.8 Å². The smallest absolute Gasteiger partial charge is 0.324 e. The van der Waals surface area contributed by atoms with E-state index in [4.69, 9.17) is 0 Å². The molecule has 2 aromatic carbocycles. The molecule has 2 heterocycles. The van der Waals surface area contributed by atoms with Crippen LogP contribution in [0.1, 0.15) is 16.7 Å². The lowest BCUT2D eigenvalue weighted by atomic mass is 10.1. The second kappa shape index (κ2) is 7.62. The summed E-state index contributed by atoms with van der Waals surface area (Å²) in [7, 11) is 0. The Kier molecular flexibility index (Phi) is 4.99. The summed E-state index contributed by atoms with van der Waals surface area (Å²) < 4.78 is 40.7. The molecule has 0 unspecified atom stereocenters. The zero-order valence-corrected chi connectivity index (χ0v) is 16.3. The highest BCUT2D eigenvalue weighted by atomic mass is 19.4. The average Bonchev–Trinajstić information content (AvgIpc) is 3.17. The van der Waals surface area contributed by atoms with Crippen molar-refractivity contribution in [1.82, 2.24) is 19.7 Å². The van der Waals surface area contributed by atoms with Crippen molar-refractivity contribution >= 4 is 11.6 Å². The van der Waals surface area contributed by atoms with Crippen LogP contribution >= 0.6 is 0 Å². The van der Waals surface area contributed by atoms with Gasteiger partial charge in [0.15, 0.2) is 0 Å². The van der Waals surface area contributed by atoms with Crippen molar-refractivity contribution in [2.75, 3.05) is 5.32 Å². The number of nitrogens with one attached hydrogen (secondary N) is 1. The van der Waals surface area contributed by atoms with Crippen molar-refractivity contribution in [3.8, 4) is 17.1 Å². The minimum atomic E-state index is -4.43. The quantitative estimate of drug-likeness (QED) is 0.469. The summed E-state index contributed by atoms with van der Waals surface area (Å²) >= 11 is 0. The standard InChI is InChI=1S/C22H18F3N5/c1-14-10-15(2)12-17(11-14)28-21-26-8-6-19(29-21)20-7-9-27-30(20)18-5-3-4-16(13-18)22(23,24)25/h3-13H,1-2H3,(H,26,28,29). The van der Waals surface area contributed by atoms with E-state index >= 15 is 0 Å². The third-order valence-electron chi connectivity index (χ3n) is 4.46. The van der Waals surface area contributed by atoms with Gasteiger partial charge in [0.1, 0.15) is 0 Å². The second-order valence-corrected chi connectivity index (χ2v) is 6.94. The van der Waals surface area contributed by atoms with E-state index in [0.29, 0.717) is 23.0 Å². The Hall–Kier alpha value is -3.68. The van der Waals surface area contributed by atoms with Gasteiger partial charge < -0.3 is 5.32 Å². The Balaban J connectivity index is 1.69. The van der Waals surface area contributed by atoms with Gasteiger partial charge in [0.05, 0.1) is 28.8 Å². The molecule has 0 amide bonds. The molecule has 0 spiro atoms. The first-order valence-electron chi connectivity index (χ1n) is 9.20. The lowest BCUT2D eigenvalue weighted by Crippen LogP contribution is -2.07. The molecule has 1 N–H and O–H groups in total. The van der Waals surface area contributed by atoms with Crippen LogP contribution in [0.2, 0.25) is 0 Å². The number of halogens is 3. The molecule has 0 aliphatic heterocycles. The van der Waals surface area contributed by atoms with Crippen molar-refractivity contribution in [2.24, 2.45) is 0 Å². The Morgan fingerprint density at radius 1 is 0.900 bits per heavy atom. The fourth-order valence-corrected chi connectivity index (χ4v) is 3.25. The maximum Gasteiger partial charge on any atom is 0.416 e. The predicted molar refractivity (Wildman–Crippen MR) is 109 cm³/mol. The molecule has 30 heavy (non-hydrogen) atoms. The van der Waals surface area contributed by atoms with Crippen LogP contribution < -0.4 is 5.32 Å². The number of hydrogen-bond donors (Lipinski definition) is 1. The SMILES string of the molecule is Cc1cc(C)cc(Nc2nccc(-c3ccnn3-c3cccc(C(F)(F)F)c3)n2)c1. The average molecular weight is 409 g/mol. The first-order valence-corrected chi connectivity index (χ1v) is 9.20. The Bertz CT molecular complexity index is 1180. The number of aryl methyl sites for hydroxylation is 2. The molecule has 0 fully saturated rings. The van der Waals surface area contributed by atoms with Crippen LogP contribution in [0.25, 0.3) is 17.1 Å². The fourth-order valence-electron chi connectivity index (χ4n) is 3.25. The van der Waals surface area contributed by atoms with Crippen LogP contribution in [-0.4, -0.2) is 19.7 Å². The van der Waals surface area contributed by atoms with E-state index in [0.717, 1.165) is 28.9 Å². The highest BCUT2D eigenvalue weighted by molar-refractivity contribution is 5.62. The minimum absolute atomic E-state index is 0.298. The van der Waals surface area contributed by atoms with Gasteiger partial charge >= 0.3 is 6.18 Å². The van der Waals surface area contributed by atoms with Gasteiger partial charge in [0.25, 0.3) is 0 Å². The van der Waals surface area contributed by atoms with Gasteiger partial charge in [-0.15, -0.1) is 0 Å². The normalized spacial score (nSPS) is 11.5. The first-order chi connectivity index (χ1) is 14.3. The Morgan fingerprint density at radius 3 is 2.40 bits per heavy atom. The fraction of sp³-hybridized carbons (Fsp3) is 0.136. The molecule has 4 rings (SSSR count). The van der Waals surface area contributed by atoms with E-state index in [1.165, 1.54) is 16.9 Å². The van der Waals surface area contributed by atoms with E-state index in [1.54, 1.807) is 24.4 Å². The molecule has 8 heteroatoms. The third kappa shape index (κ3) is 4.17. The molecule has 0 bridgehead atoms. The third-order valence-corrected chi connectivity index (χ3v) is 4.46. The topological polar surface area (TPSA) is 55.6 Å². The molecule has 0 aliphatic rings. The summed E-state index contributed by atoms with van der Waals surface area (Å²) in [4.78, 5) is 8.77. The Labute approximate surface area is 171 Å². The molecule has 0 radical (unpaired) electrons. The summed E-state index contributed by atoms with van der Waals surface area (Å²) in [6, 6.07) is 14.4. The van der Waals surface area contributed by atoms with Crippen molar-refractivity contribution in [3.05, 3.63) is 83.7 Å². The van der Waals surface area contributed by atoms with Crippen LogP contribution in [-0.2, 0) is 6.18 Å². The van der Waals surface area contributed by atoms with Crippen LogP contribution in [0.3, 0.4) is 0 Å². The number of rotatable bonds is 4. The highest BCUT2D eigenvalue weighted by Gasteiger charge is 2.30. The van der Waals surface area contributed by atoms with Crippen molar-refractivity contribution in [1.29, 1.82) is 0 Å². The van der Waals surface area contributed by atoms with E-state index < -0.39 is 11.7 Å². The van der Waals surface area contributed by atoms with Crippen molar-refractivity contribution < 1.29 is 13.2 Å². The molecular formula is C22H18F3N5. The molecule has 0 saturated heterocycles. The van der Waals surface area contributed by atoms with Gasteiger partial charge in [0, 0.05) is 11.9 Å². The minimum Gasteiger partial charge on any atom is -0.324 e. The maximum atomic E-state index is 13.1. The van der Waals surface area contributed by atoms with E-state index in [2.05, 4.69) is 26.4 Å². The molecule has 0 atom stereocenters. The van der Waals surface area contributed by atoms with Crippen LogP contribution in [0.5, 0.6) is 0 Å². The largest absolute Gasteiger partial charge is 0.416 e. The van der Waals surface area contributed by atoms with Gasteiger partial charge in [-0.3, -0.25) is 0 Å². The number of hydrogen-bond acceptors (Lipinski definition) is 4. The van der Waals surface area contributed by atoms with Crippen molar-refractivity contribution in [2.45, 2.75) is 20.0 Å². The van der Waals surface area contributed by atoms with E-state index in [-0.39, 0.29) is 0 Å². The highest BCUT2D eigenvalue weighted by Crippen LogP contribution is 2.31. The molecule has 2 aromatic heterocycles. The zero-order valence-electron chi connectivity index (χ0n) is 16.3.